The third kappa shape index (κ3) is 2.32. The second-order valence-electron chi connectivity index (χ2n) is 2.89. The molecule has 2 aromatic rings. The Balaban J connectivity index is 2.15. The minimum Gasteiger partial charge on any atom is -0.365 e. The monoisotopic (exact) mass is 219 g/mol. The summed E-state index contributed by atoms with van der Waals surface area (Å²) in [6.45, 7) is 0. The van der Waals surface area contributed by atoms with Gasteiger partial charge in [0, 0.05) is 6.20 Å². The van der Waals surface area contributed by atoms with Gasteiger partial charge in [-0.2, -0.15) is 0 Å². The molecule has 0 saturated carbocycles. The second-order valence-corrected chi connectivity index (χ2v) is 3.98. The fourth-order valence-electron chi connectivity index (χ4n) is 1.12. The van der Waals surface area contributed by atoms with Crippen LogP contribution in [0, 0.1) is 0 Å². The molecule has 0 aliphatic heterocycles. The number of carbonyl (C=O) groups is 1. The second kappa shape index (κ2) is 4.10. The van der Waals surface area contributed by atoms with Crippen LogP contribution in [0.5, 0.6) is 0 Å². The Labute approximate surface area is 90.8 Å². The predicted molar refractivity (Wildman–Crippen MR) is 60.4 cm³/mol. The molecule has 0 spiro atoms. The number of hydrogen-bond acceptors (Lipinski definition) is 4. The van der Waals surface area contributed by atoms with Crippen LogP contribution in [0.2, 0.25) is 0 Å². The Morgan fingerprint density at radius 3 is 2.87 bits per heavy atom. The highest BCUT2D eigenvalue weighted by atomic mass is 32.1. The third-order valence-corrected chi connectivity index (χ3v) is 2.79. The Morgan fingerprint density at radius 1 is 1.40 bits per heavy atom. The van der Waals surface area contributed by atoms with E-state index < -0.39 is 5.91 Å². The van der Waals surface area contributed by atoms with Crippen molar-refractivity contribution in [1.29, 1.82) is 0 Å². The van der Waals surface area contributed by atoms with E-state index in [2.05, 4.69) is 10.3 Å². The van der Waals surface area contributed by atoms with E-state index in [1.165, 1.54) is 11.3 Å². The van der Waals surface area contributed by atoms with Gasteiger partial charge in [0.05, 0.1) is 21.8 Å². The molecular formula is C10H9N3OS. The summed E-state index contributed by atoms with van der Waals surface area (Å²) < 4.78 is 0. The molecule has 2 aromatic heterocycles. The number of primary amides is 1. The van der Waals surface area contributed by atoms with E-state index in [0.29, 0.717) is 4.88 Å². The molecule has 4 nitrogen and oxygen atoms in total. The molecule has 0 aliphatic rings. The van der Waals surface area contributed by atoms with Crippen LogP contribution < -0.4 is 11.1 Å². The molecule has 15 heavy (non-hydrogen) atoms. The van der Waals surface area contributed by atoms with Gasteiger partial charge < -0.3 is 11.1 Å². The third-order valence-electron chi connectivity index (χ3n) is 1.78. The van der Waals surface area contributed by atoms with Crippen LogP contribution in [0.25, 0.3) is 0 Å². The number of thiophene rings is 1. The van der Waals surface area contributed by atoms with Gasteiger partial charge in [-0.25, -0.2) is 0 Å². The Kier molecular flexibility index (Phi) is 2.64. The fraction of sp³-hybridized carbons (Fsp3) is 0. The lowest BCUT2D eigenvalue weighted by Crippen LogP contribution is -2.08. The fourth-order valence-corrected chi connectivity index (χ4v) is 1.90. The van der Waals surface area contributed by atoms with E-state index in [1.807, 2.05) is 18.2 Å². The van der Waals surface area contributed by atoms with Gasteiger partial charge in [-0.05, 0) is 24.3 Å². The van der Waals surface area contributed by atoms with Gasteiger partial charge in [0.2, 0.25) is 0 Å². The van der Waals surface area contributed by atoms with Crippen molar-refractivity contribution in [3.8, 4) is 0 Å². The number of anilines is 2. The Morgan fingerprint density at radius 2 is 2.27 bits per heavy atom. The molecule has 2 heterocycles. The van der Waals surface area contributed by atoms with Crippen molar-refractivity contribution in [3.63, 3.8) is 0 Å². The first-order chi connectivity index (χ1) is 7.25. The molecule has 0 saturated heterocycles. The quantitative estimate of drug-likeness (QED) is 0.829. The zero-order valence-electron chi connectivity index (χ0n) is 7.81. The summed E-state index contributed by atoms with van der Waals surface area (Å²) in [5, 5.41) is 4.00. The first-order valence-electron chi connectivity index (χ1n) is 4.32. The number of carbonyl (C=O) groups excluding carboxylic acids is 1. The summed E-state index contributed by atoms with van der Waals surface area (Å²) in [6, 6.07) is 7.26. The molecule has 3 N–H and O–H groups in total. The van der Waals surface area contributed by atoms with Crippen LogP contribution >= 0.6 is 11.3 Å². The molecule has 0 fully saturated rings. The Hall–Kier alpha value is -1.88. The maximum absolute atomic E-state index is 10.9. The summed E-state index contributed by atoms with van der Waals surface area (Å²) in [7, 11) is 0. The van der Waals surface area contributed by atoms with E-state index in [-0.39, 0.29) is 0 Å². The van der Waals surface area contributed by atoms with Crippen molar-refractivity contribution in [2.45, 2.75) is 0 Å². The number of nitrogens with one attached hydrogen (secondary N) is 1. The summed E-state index contributed by atoms with van der Waals surface area (Å²) >= 11 is 1.32. The van der Waals surface area contributed by atoms with Crippen molar-refractivity contribution in [1.82, 2.24) is 4.98 Å². The molecule has 0 aromatic carbocycles. The first kappa shape index (κ1) is 9.67. The van der Waals surface area contributed by atoms with Crippen molar-refractivity contribution in [3.05, 3.63) is 41.5 Å². The van der Waals surface area contributed by atoms with Gasteiger partial charge in [-0.3, -0.25) is 9.78 Å². The molecule has 0 bridgehead atoms. The molecule has 0 aliphatic carbocycles. The first-order valence-corrected chi connectivity index (χ1v) is 5.14. The number of nitrogens with two attached hydrogens (primary N) is 1. The zero-order chi connectivity index (χ0) is 10.7. The molecule has 5 heteroatoms. The predicted octanol–water partition coefficient (Wildman–Crippen LogP) is 1.99. The lowest BCUT2D eigenvalue weighted by Gasteiger charge is -2.00. The SMILES string of the molecule is NC(=O)c1ccc(Nc2cccnc2)s1. The molecular weight excluding hydrogens is 210 g/mol. The van der Waals surface area contributed by atoms with Crippen molar-refractivity contribution in [2.24, 2.45) is 5.73 Å². The molecule has 0 unspecified atom stereocenters. The maximum Gasteiger partial charge on any atom is 0.258 e. The lowest BCUT2D eigenvalue weighted by atomic mass is 10.4. The number of aromatic nitrogens is 1. The Bertz CT molecular complexity index is 467. The summed E-state index contributed by atoms with van der Waals surface area (Å²) in [5.41, 5.74) is 6.04. The van der Waals surface area contributed by atoms with Crippen molar-refractivity contribution in [2.75, 3.05) is 5.32 Å². The number of rotatable bonds is 3. The minimum absolute atomic E-state index is 0.403. The highest BCUT2D eigenvalue weighted by Gasteiger charge is 2.04. The number of pyridine rings is 1. The molecule has 2 rings (SSSR count). The average Bonchev–Trinajstić information content (AvgIpc) is 2.68. The van der Waals surface area contributed by atoms with Crippen LogP contribution in [-0.2, 0) is 0 Å². The van der Waals surface area contributed by atoms with Crippen LogP contribution in [0.3, 0.4) is 0 Å². The lowest BCUT2D eigenvalue weighted by molar-refractivity contribution is 0.100. The molecule has 76 valence electrons. The van der Waals surface area contributed by atoms with Crippen LogP contribution in [-0.4, -0.2) is 10.9 Å². The van der Waals surface area contributed by atoms with Gasteiger partial charge in [-0.15, -0.1) is 11.3 Å². The van der Waals surface area contributed by atoms with Gasteiger partial charge in [0.15, 0.2) is 0 Å². The average molecular weight is 219 g/mol. The summed E-state index contributed by atoms with van der Waals surface area (Å²) in [4.78, 5) is 15.4. The van der Waals surface area contributed by atoms with Gasteiger partial charge in [0.25, 0.3) is 5.91 Å². The van der Waals surface area contributed by atoms with Gasteiger partial charge in [0.1, 0.15) is 0 Å². The van der Waals surface area contributed by atoms with Crippen LogP contribution in [0.15, 0.2) is 36.7 Å². The standard InChI is InChI=1S/C10H9N3OS/c11-10(14)8-3-4-9(15-8)13-7-2-1-5-12-6-7/h1-6,13H,(H2,11,14). The highest BCUT2D eigenvalue weighted by Crippen LogP contribution is 2.24. The highest BCUT2D eigenvalue weighted by molar-refractivity contribution is 7.18. The van der Waals surface area contributed by atoms with Gasteiger partial charge in [-0.1, -0.05) is 0 Å². The van der Waals surface area contributed by atoms with E-state index >= 15 is 0 Å². The summed E-state index contributed by atoms with van der Waals surface area (Å²) in [6.07, 6.45) is 3.41. The zero-order valence-corrected chi connectivity index (χ0v) is 8.62. The number of amides is 1. The van der Waals surface area contributed by atoms with E-state index in [0.717, 1.165) is 10.7 Å². The van der Waals surface area contributed by atoms with Crippen molar-refractivity contribution < 1.29 is 4.79 Å². The normalized spacial score (nSPS) is 9.87. The topological polar surface area (TPSA) is 68.0 Å². The van der Waals surface area contributed by atoms with E-state index in [4.69, 9.17) is 5.73 Å². The smallest absolute Gasteiger partial charge is 0.258 e. The number of nitrogens with zero attached hydrogens (tertiary/aromatic N) is 1. The van der Waals surface area contributed by atoms with Crippen molar-refractivity contribution >= 4 is 27.9 Å². The van der Waals surface area contributed by atoms with Gasteiger partial charge >= 0.3 is 0 Å². The van der Waals surface area contributed by atoms with Crippen LogP contribution in [0.4, 0.5) is 10.7 Å². The number of hydrogen-bond donors (Lipinski definition) is 2. The van der Waals surface area contributed by atoms with E-state index in [9.17, 15) is 4.79 Å². The molecule has 0 atom stereocenters. The maximum atomic E-state index is 10.9. The van der Waals surface area contributed by atoms with E-state index in [1.54, 1.807) is 18.5 Å². The minimum atomic E-state index is -0.403. The van der Waals surface area contributed by atoms with Crippen LogP contribution in [0.1, 0.15) is 9.67 Å². The largest absolute Gasteiger partial charge is 0.365 e. The summed E-state index contributed by atoms with van der Waals surface area (Å²) in [5.74, 6) is -0.403. The molecule has 0 radical (unpaired) electrons. The molecule has 1 amide bonds.